The summed E-state index contributed by atoms with van der Waals surface area (Å²) in [5.74, 6) is 0.883. The van der Waals surface area contributed by atoms with Crippen LogP contribution < -0.4 is 5.32 Å². The van der Waals surface area contributed by atoms with Crippen molar-refractivity contribution >= 4 is 0 Å². The molecule has 0 spiro atoms. The van der Waals surface area contributed by atoms with Gasteiger partial charge in [0.2, 0.25) is 0 Å². The Morgan fingerprint density at radius 3 is 2.75 bits per heavy atom. The molecule has 1 fully saturated rings. The Kier molecular flexibility index (Phi) is 7.01. The molecule has 1 N–H and O–H groups in total. The fraction of sp³-hybridized carbons (Fsp3) is 1.00. The van der Waals surface area contributed by atoms with Crippen LogP contribution >= 0.6 is 0 Å². The minimum Gasteiger partial charge on any atom is -0.380 e. The van der Waals surface area contributed by atoms with Crippen LogP contribution in [0.15, 0.2) is 0 Å². The van der Waals surface area contributed by atoms with Crippen LogP contribution in [0, 0.1) is 5.92 Å². The summed E-state index contributed by atoms with van der Waals surface area (Å²) in [4.78, 5) is 2.42. The van der Waals surface area contributed by atoms with Gasteiger partial charge in [0.25, 0.3) is 0 Å². The predicted molar refractivity (Wildman–Crippen MR) is 68.8 cm³/mol. The fourth-order valence-electron chi connectivity index (χ4n) is 1.97. The van der Waals surface area contributed by atoms with Crippen LogP contribution in [0.25, 0.3) is 0 Å². The Morgan fingerprint density at radius 1 is 1.44 bits per heavy atom. The fourth-order valence-corrected chi connectivity index (χ4v) is 1.97. The topological polar surface area (TPSA) is 24.5 Å². The van der Waals surface area contributed by atoms with E-state index < -0.39 is 0 Å². The lowest BCUT2D eigenvalue weighted by atomic mass is 10.1. The first kappa shape index (κ1) is 13.9. The highest BCUT2D eigenvalue weighted by atomic mass is 16.5. The third-order valence-electron chi connectivity index (χ3n) is 3.32. The Bertz CT molecular complexity index is 165. The molecule has 1 atom stereocenters. The summed E-state index contributed by atoms with van der Waals surface area (Å²) >= 11 is 0. The third-order valence-corrected chi connectivity index (χ3v) is 3.32. The molecule has 3 heteroatoms. The maximum absolute atomic E-state index is 5.67. The van der Waals surface area contributed by atoms with Crippen molar-refractivity contribution in [2.24, 2.45) is 5.92 Å². The molecule has 3 nitrogen and oxygen atoms in total. The second-order valence-electron chi connectivity index (χ2n) is 5.00. The van der Waals surface area contributed by atoms with Gasteiger partial charge in [-0.1, -0.05) is 13.3 Å². The summed E-state index contributed by atoms with van der Waals surface area (Å²) in [6.07, 6.45) is 5.28. The van der Waals surface area contributed by atoms with Gasteiger partial charge < -0.3 is 10.1 Å². The molecule has 0 heterocycles. The van der Waals surface area contributed by atoms with Gasteiger partial charge in [-0.05, 0) is 39.3 Å². The van der Waals surface area contributed by atoms with E-state index in [9.17, 15) is 0 Å². The summed E-state index contributed by atoms with van der Waals surface area (Å²) in [5.41, 5.74) is 0. The zero-order valence-corrected chi connectivity index (χ0v) is 11.2. The van der Waals surface area contributed by atoms with Gasteiger partial charge in [-0.2, -0.15) is 0 Å². The highest BCUT2D eigenvalue weighted by molar-refractivity contribution is 4.73. The Morgan fingerprint density at radius 2 is 2.19 bits per heavy atom. The lowest BCUT2D eigenvalue weighted by Gasteiger charge is -2.27. The van der Waals surface area contributed by atoms with Crippen LogP contribution in [0.1, 0.15) is 32.6 Å². The SMILES string of the molecule is CCCC(CNC)N(C)CCOCC1CC1. The highest BCUT2D eigenvalue weighted by Gasteiger charge is 2.21. The van der Waals surface area contributed by atoms with E-state index in [1.54, 1.807) is 0 Å². The molecular formula is C13H28N2O. The van der Waals surface area contributed by atoms with Gasteiger partial charge in [0.1, 0.15) is 0 Å². The number of likely N-dealkylation sites (N-methyl/N-ethyl adjacent to an activating group) is 2. The summed E-state index contributed by atoms with van der Waals surface area (Å²) < 4.78 is 5.67. The van der Waals surface area contributed by atoms with Crippen molar-refractivity contribution < 1.29 is 4.74 Å². The monoisotopic (exact) mass is 228 g/mol. The standard InChI is InChI=1S/C13H28N2O/c1-4-5-13(10-14-2)15(3)8-9-16-11-12-6-7-12/h12-14H,4-11H2,1-3H3. The number of hydrogen-bond donors (Lipinski definition) is 1. The van der Waals surface area contributed by atoms with E-state index in [2.05, 4.69) is 24.2 Å². The maximum atomic E-state index is 5.67. The summed E-state index contributed by atoms with van der Waals surface area (Å²) in [5, 5.41) is 3.27. The van der Waals surface area contributed by atoms with Crippen LogP contribution in [-0.2, 0) is 4.74 Å². The van der Waals surface area contributed by atoms with Gasteiger partial charge >= 0.3 is 0 Å². The molecule has 0 aromatic rings. The van der Waals surface area contributed by atoms with Crippen LogP contribution in [0.5, 0.6) is 0 Å². The van der Waals surface area contributed by atoms with Gasteiger partial charge in [-0.15, -0.1) is 0 Å². The first-order chi connectivity index (χ1) is 7.77. The van der Waals surface area contributed by atoms with Crippen molar-refractivity contribution in [2.75, 3.05) is 40.4 Å². The largest absolute Gasteiger partial charge is 0.380 e. The zero-order chi connectivity index (χ0) is 11.8. The number of nitrogens with one attached hydrogen (secondary N) is 1. The van der Waals surface area contributed by atoms with Gasteiger partial charge in [-0.25, -0.2) is 0 Å². The molecular weight excluding hydrogens is 200 g/mol. The minimum absolute atomic E-state index is 0.652. The third kappa shape index (κ3) is 5.83. The summed E-state index contributed by atoms with van der Waals surface area (Å²) in [7, 11) is 4.23. The van der Waals surface area contributed by atoms with Gasteiger partial charge in [0.15, 0.2) is 0 Å². The van der Waals surface area contributed by atoms with Crippen LogP contribution in [0.2, 0.25) is 0 Å². The lowest BCUT2D eigenvalue weighted by Crippen LogP contribution is -2.40. The van der Waals surface area contributed by atoms with Crippen molar-refractivity contribution in [3.05, 3.63) is 0 Å². The molecule has 0 aromatic heterocycles. The van der Waals surface area contributed by atoms with Crippen LogP contribution in [0.3, 0.4) is 0 Å². The Hall–Kier alpha value is -0.120. The van der Waals surface area contributed by atoms with Crippen molar-refractivity contribution in [3.63, 3.8) is 0 Å². The molecule has 1 rings (SSSR count). The molecule has 1 aliphatic carbocycles. The van der Waals surface area contributed by atoms with Gasteiger partial charge in [-0.3, -0.25) is 4.90 Å². The van der Waals surface area contributed by atoms with E-state index in [1.165, 1.54) is 25.7 Å². The molecule has 0 radical (unpaired) electrons. The van der Waals surface area contributed by atoms with Crippen LogP contribution in [-0.4, -0.2) is 51.3 Å². The molecule has 96 valence electrons. The summed E-state index contributed by atoms with van der Waals surface area (Å²) in [6, 6.07) is 0.652. The predicted octanol–water partition coefficient (Wildman–Crippen LogP) is 1.73. The normalized spacial score (nSPS) is 18.0. The highest BCUT2D eigenvalue weighted by Crippen LogP contribution is 2.28. The number of nitrogens with zero attached hydrogens (tertiary/aromatic N) is 1. The number of ether oxygens (including phenoxy) is 1. The molecule has 0 aromatic carbocycles. The van der Waals surface area contributed by atoms with Crippen LogP contribution in [0.4, 0.5) is 0 Å². The minimum atomic E-state index is 0.652. The van der Waals surface area contributed by atoms with E-state index in [-0.39, 0.29) is 0 Å². The quantitative estimate of drug-likeness (QED) is 0.576. The molecule has 0 amide bonds. The van der Waals surface area contributed by atoms with Crippen molar-refractivity contribution in [3.8, 4) is 0 Å². The molecule has 1 unspecified atom stereocenters. The molecule has 16 heavy (non-hydrogen) atoms. The maximum Gasteiger partial charge on any atom is 0.0593 e. The van der Waals surface area contributed by atoms with E-state index in [0.29, 0.717) is 6.04 Å². The first-order valence-corrected chi connectivity index (χ1v) is 6.70. The van der Waals surface area contributed by atoms with Crippen molar-refractivity contribution in [1.29, 1.82) is 0 Å². The molecule has 1 saturated carbocycles. The second kappa shape index (κ2) is 8.04. The van der Waals surface area contributed by atoms with Crippen molar-refractivity contribution in [2.45, 2.75) is 38.6 Å². The molecule has 0 aliphatic heterocycles. The van der Waals surface area contributed by atoms with E-state index in [0.717, 1.165) is 32.2 Å². The van der Waals surface area contributed by atoms with E-state index in [4.69, 9.17) is 4.74 Å². The smallest absolute Gasteiger partial charge is 0.0593 e. The zero-order valence-electron chi connectivity index (χ0n) is 11.2. The summed E-state index contributed by atoms with van der Waals surface area (Å²) in [6.45, 7) is 6.25. The van der Waals surface area contributed by atoms with E-state index >= 15 is 0 Å². The Labute approximate surface area is 101 Å². The van der Waals surface area contributed by atoms with Gasteiger partial charge in [0, 0.05) is 25.7 Å². The molecule has 0 saturated heterocycles. The van der Waals surface area contributed by atoms with E-state index in [1.807, 2.05) is 7.05 Å². The molecule has 1 aliphatic rings. The average molecular weight is 228 g/mol. The average Bonchev–Trinajstić information content (AvgIpc) is 3.07. The Balaban J connectivity index is 2.05. The van der Waals surface area contributed by atoms with Crippen molar-refractivity contribution in [1.82, 2.24) is 10.2 Å². The molecule has 0 bridgehead atoms. The first-order valence-electron chi connectivity index (χ1n) is 6.70. The second-order valence-corrected chi connectivity index (χ2v) is 5.00. The number of rotatable bonds is 10. The van der Waals surface area contributed by atoms with Gasteiger partial charge in [0.05, 0.1) is 6.61 Å². The number of hydrogen-bond acceptors (Lipinski definition) is 3. The lowest BCUT2D eigenvalue weighted by molar-refractivity contribution is 0.0896.